The van der Waals surface area contributed by atoms with Gasteiger partial charge < -0.3 is 15.3 Å². The van der Waals surface area contributed by atoms with Gasteiger partial charge in [-0.2, -0.15) is 0 Å². The second kappa shape index (κ2) is 8.02. The van der Waals surface area contributed by atoms with Crippen molar-refractivity contribution in [2.45, 2.75) is 63.5 Å². The van der Waals surface area contributed by atoms with Crippen LogP contribution in [0.25, 0.3) is 0 Å². The molecule has 0 spiro atoms. The third kappa shape index (κ3) is 4.10. The Hall–Kier alpha value is -1.55. The van der Waals surface area contributed by atoms with Crippen molar-refractivity contribution in [1.29, 1.82) is 0 Å². The second-order valence-corrected chi connectivity index (χ2v) is 7.47. The van der Waals surface area contributed by atoms with Crippen LogP contribution in [0.4, 0.5) is 4.79 Å². The van der Waals surface area contributed by atoms with E-state index in [1.165, 1.54) is 24.8 Å². The number of carbonyl (C=O) groups is 1. The lowest BCUT2D eigenvalue weighted by Gasteiger charge is -2.37. The van der Waals surface area contributed by atoms with E-state index in [2.05, 4.69) is 22.3 Å². The molecular weight excluding hydrogens is 300 g/mol. The first kappa shape index (κ1) is 17.3. The molecule has 0 bridgehead atoms. The van der Waals surface area contributed by atoms with Crippen LogP contribution in [-0.2, 0) is 0 Å². The average Bonchev–Trinajstić information content (AvgIpc) is 2.99. The Morgan fingerprint density at radius 2 is 2.00 bits per heavy atom. The Labute approximate surface area is 145 Å². The van der Waals surface area contributed by atoms with E-state index < -0.39 is 0 Å². The minimum atomic E-state index is -0.374. The van der Waals surface area contributed by atoms with E-state index in [4.69, 9.17) is 0 Å². The monoisotopic (exact) mass is 330 g/mol. The molecule has 2 amide bonds. The molecule has 132 valence electrons. The lowest BCUT2D eigenvalue weighted by Crippen LogP contribution is -2.47. The molecule has 1 aliphatic carbocycles. The molecular formula is C20H30N2O2. The average molecular weight is 330 g/mol. The third-order valence-corrected chi connectivity index (χ3v) is 5.65. The van der Waals surface area contributed by atoms with E-state index in [1.54, 1.807) is 0 Å². The van der Waals surface area contributed by atoms with E-state index >= 15 is 0 Å². The largest absolute Gasteiger partial charge is 0.393 e. The summed E-state index contributed by atoms with van der Waals surface area (Å²) in [6, 6.07) is 10.7. The van der Waals surface area contributed by atoms with Crippen molar-refractivity contribution in [3.63, 3.8) is 0 Å². The smallest absolute Gasteiger partial charge is 0.317 e. The molecule has 1 aliphatic heterocycles. The summed E-state index contributed by atoms with van der Waals surface area (Å²) in [4.78, 5) is 14.7. The van der Waals surface area contributed by atoms with Gasteiger partial charge >= 0.3 is 6.03 Å². The molecule has 3 atom stereocenters. The lowest BCUT2D eigenvalue weighted by atomic mass is 9.79. The van der Waals surface area contributed by atoms with Crippen LogP contribution in [0.1, 0.15) is 56.9 Å². The Bertz CT molecular complexity index is 528. The number of hydrogen-bond donors (Lipinski definition) is 2. The number of nitrogens with one attached hydrogen (secondary N) is 1. The third-order valence-electron chi connectivity index (χ3n) is 5.65. The number of rotatable bonds is 6. The van der Waals surface area contributed by atoms with Gasteiger partial charge in [0.1, 0.15) is 0 Å². The van der Waals surface area contributed by atoms with E-state index in [0.717, 1.165) is 25.3 Å². The molecule has 1 aromatic carbocycles. The van der Waals surface area contributed by atoms with E-state index in [-0.39, 0.29) is 18.1 Å². The van der Waals surface area contributed by atoms with Crippen LogP contribution in [0, 0.1) is 5.92 Å². The van der Waals surface area contributed by atoms with Crippen molar-refractivity contribution in [2.75, 3.05) is 13.1 Å². The van der Waals surface area contributed by atoms with Gasteiger partial charge in [0.25, 0.3) is 0 Å². The number of benzene rings is 1. The summed E-state index contributed by atoms with van der Waals surface area (Å²) in [6.45, 7) is 3.28. The van der Waals surface area contributed by atoms with Crippen molar-refractivity contribution < 1.29 is 9.90 Å². The molecule has 4 heteroatoms. The number of amides is 2. The molecule has 2 aliphatic rings. The number of urea groups is 1. The fourth-order valence-corrected chi connectivity index (χ4v) is 4.15. The molecule has 0 aromatic heterocycles. The molecule has 1 saturated carbocycles. The molecule has 1 heterocycles. The van der Waals surface area contributed by atoms with Gasteiger partial charge in [0.2, 0.25) is 0 Å². The van der Waals surface area contributed by atoms with Crippen LogP contribution >= 0.6 is 0 Å². The molecule has 1 aromatic rings. The topological polar surface area (TPSA) is 52.6 Å². The quantitative estimate of drug-likeness (QED) is 0.838. The van der Waals surface area contributed by atoms with Gasteiger partial charge in [0.15, 0.2) is 0 Å². The van der Waals surface area contributed by atoms with Crippen LogP contribution in [0.15, 0.2) is 30.3 Å². The maximum absolute atomic E-state index is 12.7. The summed E-state index contributed by atoms with van der Waals surface area (Å²) in [5.41, 5.74) is 1.18. The molecule has 2 fully saturated rings. The van der Waals surface area contributed by atoms with Crippen LogP contribution in [0.5, 0.6) is 0 Å². The summed E-state index contributed by atoms with van der Waals surface area (Å²) in [6.07, 6.45) is 6.46. The molecule has 3 unspecified atom stereocenters. The first-order chi connectivity index (χ1) is 11.6. The van der Waals surface area contributed by atoms with E-state index in [0.29, 0.717) is 19.0 Å². The van der Waals surface area contributed by atoms with Gasteiger partial charge in [0, 0.05) is 25.0 Å². The van der Waals surface area contributed by atoms with Crippen molar-refractivity contribution in [1.82, 2.24) is 10.2 Å². The number of hydrogen-bond acceptors (Lipinski definition) is 2. The molecule has 24 heavy (non-hydrogen) atoms. The van der Waals surface area contributed by atoms with Gasteiger partial charge in [-0.25, -0.2) is 4.79 Å². The van der Waals surface area contributed by atoms with Gasteiger partial charge in [-0.1, -0.05) is 36.8 Å². The SMILES string of the molecule is CC(O)CC(CNC(=O)N1CCCC1C1CCC1)c1ccccc1. The maximum atomic E-state index is 12.7. The summed E-state index contributed by atoms with van der Waals surface area (Å²) in [5, 5.41) is 12.9. The Morgan fingerprint density at radius 1 is 1.25 bits per heavy atom. The summed E-state index contributed by atoms with van der Waals surface area (Å²) < 4.78 is 0. The highest BCUT2D eigenvalue weighted by Gasteiger charge is 2.37. The molecule has 4 nitrogen and oxygen atoms in total. The van der Waals surface area contributed by atoms with Crippen LogP contribution in [-0.4, -0.2) is 41.3 Å². The van der Waals surface area contributed by atoms with Gasteiger partial charge in [-0.05, 0) is 50.5 Å². The predicted octanol–water partition coefficient (Wildman–Crippen LogP) is 3.52. The maximum Gasteiger partial charge on any atom is 0.317 e. The number of aliphatic hydroxyl groups is 1. The zero-order chi connectivity index (χ0) is 16.9. The predicted molar refractivity (Wildman–Crippen MR) is 95.9 cm³/mol. The number of carbonyl (C=O) groups excluding carboxylic acids is 1. The van der Waals surface area contributed by atoms with Gasteiger partial charge in [-0.15, -0.1) is 0 Å². The highest BCUT2D eigenvalue weighted by atomic mass is 16.3. The Kier molecular flexibility index (Phi) is 5.77. The zero-order valence-corrected chi connectivity index (χ0v) is 14.7. The molecule has 1 saturated heterocycles. The van der Waals surface area contributed by atoms with Gasteiger partial charge in [-0.3, -0.25) is 0 Å². The number of aliphatic hydroxyl groups excluding tert-OH is 1. The lowest BCUT2D eigenvalue weighted by molar-refractivity contribution is 0.137. The molecule has 3 rings (SSSR count). The first-order valence-corrected chi connectivity index (χ1v) is 9.42. The Morgan fingerprint density at radius 3 is 2.62 bits per heavy atom. The normalized spacial score (nSPS) is 23.6. The summed E-state index contributed by atoms with van der Waals surface area (Å²) in [7, 11) is 0. The second-order valence-electron chi connectivity index (χ2n) is 7.47. The molecule has 0 radical (unpaired) electrons. The zero-order valence-electron chi connectivity index (χ0n) is 14.7. The number of nitrogens with zero attached hydrogens (tertiary/aromatic N) is 1. The summed E-state index contributed by atoms with van der Waals surface area (Å²) >= 11 is 0. The number of likely N-dealkylation sites (tertiary alicyclic amines) is 1. The first-order valence-electron chi connectivity index (χ1n) is 9.42. The van der Waals surface area contributed by atoms with Gasteiger partial charge in [0.05, 0.1) is 6.10 Å². The van der Waals surface area contributed by atoms with Crippen molar-refractivity contribution >= 4 is 6.03 Å². The summed E-state index contributed by atoms with van der Waals surface area (Å²) in [5.74, 6) is 0.876. The Balaban J connectivity index is 1.58. The molecule has 2 N–H and O–H groups in total. The van der Waals surface area contributed by atoms with Crippen LogP contribution in [0.2, 0.25) is 0 Å². The highest BCUT2D eigenvalue weighted by molar-refractivity contribution is 5.75. The minimum absolute atomic E-state index is 0.0796. The van der Waals surface area contributed by atoms with Crippen molar-refractivity contribution in [3.05, 3.63) is 35.9 Å². The standard InChI is InChI=1S/C20H30N2O2/c1-15(23)13-18(16-7-3-2-4-8-16)14-21-20(24)22-12-6-11-19(22)17-9-5-10-17/h2-4,7-8,15,17-19,23H,5-6,9-14H2,1H3,(H,21,24). The van der Waals surface area contributed by atoms with E-state index in [9.17, 15) is 9.90 Å². The van der Waals surface area contributed by atoms with Crippen LogP contribution < -0.4 is 5.32 Å². The highest BCUT2D eigenvalue weighted by Crippen LogP contribution is 2.37. The van der Waals surface area contributed by atoms with E-state index in [1.807, 2.05) is 25.1 Å². The van der Waals surface area contributed by atoms with Crippen molar-refractivity contribution in [3.8, 4) is 0 Å². The fraction of sp³-hybridized carbons (Fsp3) is 0.650. The minimum Gasteiger partial charge on any atom is -0.393 e. The fourth-order valence-electron chi connectivity index (χ4n) is 4.15. The van der Waals surface area contributed by atoms with Crippen LogP contribution in [0.3, 0.4) is 0 Å². The van der Waals surface area contributed by atoms with Crippen molar-refractivity contribution in [2.24, 2.45) is 5.92 Å².